The second-order valence-corrected chi connectivity index (χ2v) is 4.40. The molecule has 7 nitrogen and oxygen atoms in total. The van der Waals surface area contributed by atoms with Crippen molar-refractivity contribution in [1.82, 2.24) is 20.4 Å². The van der Waals surface area contributed by atoms with Crippen LogP contribution in [0.1, 0.15) is 19.2 Å². The Hall–Kier alpha value is -2.65. The molecule has 124 valence electrons. The molecule has 2 rings (SSSR count). The SMILES string of the molecule is CCOc1ccc(-c2noc(CNC(=O)CC(F)(F)F)n2)cn1. The maximum atomic E-state index is 12.0. The number of pyridine rings is 1. The maximum absolute atomic E-state index is 12.0. The van der Waals surface area contributed by atoms with Gasteiger partial charge in [0.1, 0.15) is 6.42 Å². The van der Waals surface area contributed by atoms with Crippen LogP contribution in [0.3, 0.4) is 0 Å². The lowest BCUT2D eigenvalue weighted by Gasteiger charge is -2.05. The van der Waals surface area contributed by atoms with Crippen molar-refractivity contribution in [3.63, 3.8) is 0 Å². The van der Waals surface area contributed by atoms with Crippen LogP contribution in [0.5, 0.6) is 5.88 Å². The van der Waals surface area contributed by atoms with E-state index in [2.05, 4.69) is 20.4 Å². The zero-order valence-electron chi connectivity index (χ0n) is 12.1. The second kappa shape index (κ2) is 7.07. The summed E-state index contributed by atoms with van der Waals surface area (Å²) in [4.78, 5) is 19.1. The summed E-state index contributed by atoms with van der Waals surface area (Å²) in [6, 6.07) is 3.29. The van der Waals surface area contributed by atoms with Gasteiger partial charge in [0.15, 0.2) is 0 Å². The van der Waals surface area contributed by atoms with Crippen LogP contribution in [0.25, 0.3) is 11.4 Å². The second-order valence-electron chi connectivity index (χ2n) is 4.40. The Bertz CT molecular complexity index is 655. The maximum Gasteiger partial charge on any atom is 0.397 e. The number of hydrogen-bond acceptors (Lipinski definition) is 6. The predicted octanol–water partition coefficient (Wildman–Crippen LogP) is 2.10. The number of carbonyl (C=O) groups is 1. The van der Waals surface area contributed by atoms with Crippen LogP contribution in [-0.2, 0) is 11.3 Å². The van der Waals surface area contributed by atoms with Gasteiger partial charge in [-0.15, -0.1) is 0 Å². The minimum Gasteiger partial charge on any atom is -0.478 e. The van der Waals surface area contributed by atoms with E-state index in [4.69, 9.17) is 9.26 Å². The van der Waals surface area contributed by atoms with E-state index >= 15 is 0 Å². The molecule has 2 aromatic rings. The highest BCUT2D eigenvalue weighted by Crippen LogP contribution is 2.19. The molecule has 0 bridgehead atoms. The van der Waals surface area contributed by atoms with E-state index in [1.54, 1.807) is 12.1 Å². The number of amides is 1. The fourth-order valence-corrected chi connectivity index (χ4v) is 1.61. The first-order chi connectivity index (χ1) is 10.9. The lowest BCUT2D eigenvalue weighted by atomic mass is 10.3. The molecule has 0 saturated heterocycles. The van der Waals surface area contributed by atoms with Crippen LogP contribution >= 0.6 is 0 Å². The molecule has 0 aromatic carbocycles. The van der Waals surface area contributed by atoms with E-state index in [9.17, 15) is 18.0 Å². The normalized spacial score (nSPS) is 11.3. The first-order valence-electron chi connectivity index (χ1n) is 6.62. The van der Waals surface area contributed by atoms with Crippen molar-refractivity contribution in [1.29, 1.82) is 0 Å². The topological polar surface area (TPSA) is 90.1 Å². The van der Waals surface area contributed by atoms with E-state index in [-0.39, 0.29) is 18.3 Å². The van der Waals surface area contributed by atoms with Crippen LogP contribution in [0.4, 0.5) is 13.2 Å². The van der Waals surface area contributed by atoms with Gasteiger partial charge in [0, 0.05) is 17.8 Å². The highest BCUT2D eigenvalue weighted by atomic mass is 19.4. The third-order valence-corrected chi connectivity index (χ3v) is 2.55. The molecule has 23 heavy (non-hydrogen) atoms. The van der Waals surface area contributed by atoms with Crippen molar-refractivity contribution in [3.05, 3.63) is 24.2 Å². The summed E-state index contributed by atoms with van der Waals surface area (Å²) in [6.45, 7) is 2.02. The fourth-order valence-electron chi connectivity index (χ4n) is 1.61. The molecule has 0 fully saturated rings. The van der Waals surface area contributed by atoms with Gasteiger partial charge >= 0.3 is 6.18 Å². The number of rotatable bonds is 6. The molecule has 0 saturated carbocycles. The first-order valence-corrected chi connectivity index (χ1v) is 6.62. The average Bonchev–Trinajstić information content (AvgIpc) is 2.93. The van der Waals surface area contributed by atoms with Gasteiger partial charge in [-0.05, 0) is 13.0 Å². The first kappa shape index (κ1) is 16.7. The predicted molar refractivity (Wildman–Crippen MR) is 71.2 cm³/mol. The standard InChI is InChI=1S/C13H13F3N4O3/c1-2-22-10-4-3-8(6-18-10)12-19-11(23-20-12)7-17-9(21)5-13(14,15)16/h3-4,6H,2,5,7H2,1H3,(H,17,21). The van der Waals surface area contributed by atoms with Gasteiger partial charge in [-0.2, -0.15) is 18.2 Å². The van der Waals surface area contributed by atoms with Crippen molar-refractivity contribution in [2.75, 3.05) is 6.61 Å². The van der Waals surface area contributed by atoms with Crippen molar-refractivity contribution in [2.45, 2.75) is 26.1 Å². The van der Waals surface area contributed by atoms with Gasteiger partial charge < -0.3 is 14.6 Å². The molecule has 1 amide bonds. The molecule has 0 aliphatic heterocycles. The Labute approximate surface area is 128 Å². The minimum absolute atomic E-state index is 0.00981. The molecule has 0 atom stereocenters. The molecule has 0 spiro atoms. The molecule has 0 aliphatic carbocycles. The molecule has 0 aliphatic rings. The van der Waals surface area contributed by atoms with Crippen LogP contribution < -0.4 is 10.1 Å². The highest BCUT2D eigenvalue weighted by Gasteiger charge is 2.31. The Morgan fingerprint density at radius 2 is 2.17 bits per heavy atom. The van der Waals surface area contributed by atoms with Crippen LogP contribution in [0, 0.1) is 0 Å². The lowest BCUT2D eigenvalue weighted by Crippen LogP contribution is -2.28. The number of aromatic nitrogens is 3. The smallest absolute Gasteiger partial charge is 0.397 e. The van der Waals surface area contributed by atoms with Gasteiger partial charge in [0.2, 0.25) is 23.5 Å². The van der Waals surface area contributed by atoms with Crippen molar-refractivity contribution < 1.29 is 27.2 Å². The number of hydrogen-bond donors (Lipinski definition) is 1. The van der Waals surface area contributed by atoms with E-state index in [0.717, 1.165) is 0 Å². The third kappa shape index (κ3) is 5.24. The van der Waals surface area contributed by atoms with E-state index < -0.39 is 18.5 Å². The largest absolute Gasteiger partial charge is 0.478 e. The molecule has 1 N–H and O–H groups in total. The molecule has 2 aromatic heterocycles. The van der Waals surface area contributed by atoms with E-state index in [1.165, 1.54) is 6.20 Å². The van der Waals surface area contributed by atoms with Crippen molar-refractivity contribution in [3.8, 4) is 17.3 Å². The summed E-state index contributed by atoms with van der Waals surface area (Å²) in [7, 11) is 0. The van der Waals surface area contributed by atoms with Crippen LogP contribution in [0.2, 0.25) is 0 Å². The Morgan fingerprint density at radius 3 is 2.78 bits per heavy atom. The van der Waals surface area contributed by atoms with Gasteiger partial charge in [-0.1, -0.05) is 5.16 Å². The van der Waals surface area contributed by atoms with Gasteiger partial charge in [0.25, 0.3) is 0 Å². The minimum atomic E-state index is -4.56. The summed E-state index contributed by atoms with van der Waals surface area (Å²) < 4.78 is 46.1. The Balaban J connectivity index is 1.94. The van der Waals surface area contributed by atoms with Crippen LogP contribution in [-0.4, -0.2) is 33.8 Å². The lowest BCUT2D eigenvalue weighted by molar-refractivity contribution is -0.153. The van der Waals surface area contributed by atoms with Gasteiger partial charge in [-0.3, -0.25) is 4.79 Å². The summed E-state index contributed by atoms with van der Waals surface area (Å²) in [6.07, 6.45) is -4.64. The van der Waals surface area contributed by atoms with Crippen molar-refractivity contribution in [2.24, 2.45) is 0 Å². The summed E-state index contributed by atoms with van der Waals surface area (Å²) >= 11 is 0. The molecule has 2 heterocycles. The number of nitrogens with zero attached hydrogens (tertiary/aromatic N) is 3. The molecule has 10 heteroatoms. The number of ether oxygens (including phenoxy) is 1. The van der Waals surface area contributed by atoms with E-state index in [0.29, 0.717) is 18.1 Å². The summed E-state index contributed by atoms with van der Waals surface area (Å²) in [5.74, 6) is -0.524. The molecular weight excluding hydrogens is 317 g/mol. The number of halogens is 3. The highest BCUT2D eigenvalue weighted by molar-refractivity contribution is 5.76. The van der Waals surface area contributed by atoms with Gasteiger partial charge in [0.05, 0.1) is 13.2 Å². The summed E-state index contributed by atoms with van der Waals surface area (Å²) in [5.41, 5.74) is 0.546. The third-order valence-electron chi connectivity index (χ3n) is 2.55. The number of alkyl halides is 3. The van der Waals surface area contributed by atoms with Gasteiger partial charge in [-0.25, -0.2) is 4.98 Å². The quantitative estimate of drug-likeness (QED) is 0.872. The van der Waals surface area contributed by atoms with E-state index in [1.807, 2.05) is 6.92 Å². The van der Waals surface area contributed by atoms with Crippen molar-refractivity contribution >= 4 is 5.91 Å². The Kier molecular flexibility index (Phi) is 5.14. The monoisotopic (exact) mass is 330 g/mol. The molecular formula is C13H13F3N4O3. The summed E-state index contributed by atoms with van der Waals surface area (Å²) in [5, 5.41) is 5.73. The Morgan fingerprint density at radius 1 is 1.39 bits per heavy atom. The fraction of sp³-hybridized carbons (Fsp3) is 0.385. The zero-order chi connectivity index (χ0) is 16.9. The van der Waals surface area contributed by atoms with Crippen LogP contribution in [0.15, 0.2) is 22.9 Å². The molecule has 0 radical (unpaired) electrons. The average molecular weight is 330 g/mol. The molecule has 0 unspecified atom stereocenters. The zero-order valence-corrected chi connectivity index (χ0v) is 12.1. The number of carbonyl (C=O) groups excluding carboxylic acids is 1. The number of nitrogens with one attached hydrogen (secondary N) is 1.